The molecule has 4 unspecified atom stereocenters. The zero-order valence-electron chi connectivity index (χ0n) is 39.1. The van der Waals surface area contributed by atoms with Crippen LogP contribution in [-0.4, -0.2) is 142 Å². The average Bonchev–Trinajstić information content (AvgIpc) is 3.31. The van der Waals surface area contributed by atoms with Gasteiger partial charge in [-0.3, -0.25) is 9.59 Å². The fourth-order valence-corrected chi connectivity index (χ4v) is 6.82. The molecule has 0 saturated carbocycles. The minimum atomic E-state index is -1.78. The molecule has 2 heterocycles. The van der Waals surface area contributed by atoms with Gasteiger partial charge in [-0.05, 0) is 51.4 Å². The lowest BCUT2D eigenvalue weighted by Crippen LogP contribution is -2.61. The van der Waals surface area contributed by atoms with Crippen molar-refractivity contribution in [2.24, 2.45) is 0 Å². The van der Waals surface area contributed by atoms with Gasteiger partial charge >= 0.3 is 11.9 Å². The number of allylic oxidation sites excluding steroid dienone is 16. The van der Waals surface area contributed by atoms with Gasteiger partial charge in [0.15, 0.2) is 18.7 Å². The van der Waals surface area contributed by atoms with Gasteiger partial charge in [-0.15, -0.1) is 0 Å². The molecule has 0 aliphatic carbocycles. The molecule has 0 aromatic carbocycles. The van der Waals surface area contributed by atoms with Crippen LogP contribution in [0.25, 0.3) is 0 Å². The Morgan fingerprint density at radius 1 is 0.485 bits per heavy atom. The molecule has 0 radical (unpaired) electrons. The largest absolute Gasteiger partial charge is 0.462 e. The standard InChI is InChI=1S/C51H80O15/c1-3-5-7-9-11-13-15-17-19-21-23-25-27-29-31-33-42(53)61-36-39(64-43(54)34-32-30-28-26-24-22-20-18-16-14-12-10-8-6-4-2)37-62-50-49(60)47(58)45(56)41(66-50)38-63-51-48(59)46(57)44(55)40(35-52)65-51/h5-20,39-41,44-52,55-60H,3-4,21-38H2,1-2H3/b7-5+,8-6+,11-9+,12-10+,15-13+,16-14+,19-17+,20-18+/t39-,40-,41-,44+,45+,46?,47?,48?,49?,50-,51-/m1/s1. The zero-order chi connectivity index (χ0) is 48.2. The Bertz CT molecular complexity index is 1520. The lowest BCUT2D eigenvalue weighted by atomic mass is 9.98. The lowest BCUT2D eigenvalue weighted by molar-refractivity contribution is -0.332. The molecule has 0 aromatic rings. The summed E-state index contributed by atoms with van der Waals surface area (Å²) in [5.41, 5.74) is 0. The first-order chi connectivity index (χ1) is 32.0. The fourth-order valence-electron chi connectivity index (χ4n) is 6.82. The Morgan fingerprint density at radius 2 is 0.909 bits per heavy atom. The molecule has 0 spiro atoms. The maximum absolute atomic E-state index is 13.0. The number of hydrogen-bond donors (Lipinski definition) is 7. The third kappa shape index (κ3) is 25.5. The second kappa shape index (κ2) is 37.4. The van der Waals surface area contributed by atoms with Crippen LogP contribution >= 0.6 is 0 Å². The highest BCUT2D eigenvalue weighted by Crippen LogP contribution is 2.26. The molecule has 15 nitrogen and oxygen atoms in total. The first-order valence-corrected chi connectivity index (χ1v) is 23.9. The molecule has 7 N–H and O–H groups in total. The number of unbranched alkanes of at least 4 members (excludes halogenated alkanes) is 10. The molecule has 2 aliphatic heterocycles. The Morgan fingerprint density at radius 3 is 1.42 bits per heavy atom. The third-order valence-electron chi connectivity index (χ3n) is 10.7. The Labute approximate surface area is 392 Å². The topological polar surface area (TPSA) is 231 Å². The van der Waals surface area contributed by atoms with Crippen LogP contribution in [0.1, 0.15) is 117 Å². The summed E-state index contributed by atoms with van der Waals surface area (Å²) in [6.45, 7) is 2.22. The van der Waals surface area contributed by atoms with E-state index in [0.29, 0.717) is 12.8 Å². The Kier molecular flexibility index (Phi) is 33.2. The summed E-state index contributed by atoms with van der Waals surface area (Å²) < 4.78 is 33.5. The van der Waals surface area contributed by atoms with Crippen molar-refractivity contribution in [3.05, 3.63) is 97.2 Å². The zero-order valence-corrected chi connectivity index (χ0v) is 39.1. The van der Waals surface area contributed by atoms with Gasteiger partial charge in [0.05, 0.1) is 19.8 Å². The molecule has 2 fully saturated rings. The number of esters is 2. The van der Waals surface area contributed by atoms with Crippen LogP contribution in [0.4, 0.5) is 0 Å². The van der Waals surface area contributed by atoms with E-state index in [0.717, 1.165) is 77.0 Å². The van der Waals surface area contributed by atoms with Gasteiger partial charge in [0.2, 0.25) is 0 Å². The fraction of sp³-hybridized carbons (Fsp3) is 0.647. The minimum absolute atomic E-state index is 0.127. The van der Waals surface area contributed by atoms with Crippen molar-refractivity contribution in [3.8, 4) is 0 Å². The highest BCUT2D eigenvalue weighted by molar-refractivity contribution is 5.70. The number of hydrogen-bond acceptors (Lipinski definition) is 15. The number of aliphatic hydroxyl groups is 7. The van der Waals surface area contributed by atoms with Crippen LogP contribution in [0.3, 0.4) is 0 Å². The number of aliphatic hydroxyl groups excluding tert-OH is 7. The maximum Gasteiger partial charge on any atom is 0.306 e. The molecule has 15 heteroatoms. The van der Waals surface area contributed by atoms with E-state index in [9.17, 15) is 45.3 Å². The molecular weight excluding hydrogens is 853 g/mol. The first-order valence-electron chi connectivity index (χ1n) is 23.9. The van der Waals surface area contributed by atoms with Gasteiger partial charge in [0.1, 0.15) is 55.4 Å². The summed E-state index contributed by atoms with van der Waals surface area (Å²) >= 11 is 0. The van der Waals surface area contributed by atoms with Gasteiger partial charge in [-0.1, -0.05) is 150 Å². The van der Waals surface area contributed by atoms with Crippen LogP contribution < -0.4 is 0 Å². The molecule has 11 atom stereocenters. The lowest BCUT2D eigenvalue weighted by Gasteiger charge is -2.42. The summed E-state index contributed by atoms with van der Waals surface area (Å²) in [4.78, 5) is 25.7. The van der Waals surface area contributed by atoms with Crippen LogP contribution in [0.2, 0.25) is 0 Å². The Balaban J connectivity index is 1.86. The summed E-state index contributed by atoms with van der Waals surface area (Å²) in [5.74, 6) is -0.993. The number of carbonyl (C=O) groups is 2. The van der Waals surface area contributed by atoms with Crippen molar-refractivity contribution in [1.29, 1.82) is 0 Å². The molecule has 2 saturated heterocycles. The van der Waals surface area contributed by atoms with E-state index in [1.807, 2.05) is 72.9 Å². The van der Waals surface area contributed by atoms with Crippen molar-refractivity contribution in [3.63, 3.8) is 0 Å². The van der Waals surface area contributed by atoms with Gasteiger partial charge in [0.25, 0.3) is 0 Å². The van der Waals surface area contributed by atoms with Crippen molar-refractivity contribution in [2.75, 3.05) is 26.4 Å². The van der Waals surface area contributed by atoms with E-state index in [1.165, 1.54) is 0 Å². The molecular formula is C51H80O15. The second-order valence-electron chi connectivity index (χ2n) is 16.4. The SMILES string of the molecule is CC/C=C/C=C/C=C/C=C/CCCCCCCC(=O)OC[C@H](CO[C@@H]1O[C@H](CO[C@@H]2O[C@H](CO)[C@H](O)C(O)C2O)[C@H](O)C(O)C1O)OC(=O)CCCCCCC/C=C/C=C/C=C/C=C/CC. The first kappa shape index (κ1) is 58.5. The third-order valence-corrected chi connectivity index (χ3v) is 10.7. The average molecular weight is 933 g/mol. The summed E-state index contributed by atoms with van der Waals surface area (Å²) in [7, 11) is 0. The van der Waals surface area contributed by atoms with E-state index in [1.54, 1.807) is 0 Å². The highest BCUT2D eigenvalue weighted by atomic mass is 16.7. The molecule has 0 amide bonds. The van der Waals surface area contributed by atoms with E-state index in [-0.39, 0.29) is 19.4 Å². The van der Waals surface area contributed by atoms with Crippen molar-refractivity contribution < 1.29 is 73.8 Å². The maximum atomic E-state index is 13.0. The van der Waals surface area contributed by atoms with Gasteiger partial charge in [-0.2, -0.15) is 0 Å². The van der Waals surface area contributed by atoms with E-state index in [4.69, 9.17) is 28.4 Å². The molecule has 374 valence electrons. The summed E-state index contributed by atoms with van der Waals surface area (Å²) in [6.07, 6.45) is 28.6. The van der Waals surface area contributed by atoms with E-state index >= 15 is 0 Å². The molecule has 2 rings (SSSR count). The van der Waals surface area contributed by atoms with Gasteiger partial charge in [-0.25, -0.2) is 0 Å². The predicted molar refractivity (Wildman–Crippen MR) is 252 cm³/mol. The minimum Gasteiger partial charge on any atom is -0.462 e. The number of ether oxygens (including phenoxy) is 6. The van der Waals surface area contributed by atoms with Crippen LogP contribution in [0.15, 0.2) is 97.2 Å². The van der Waals surface area contributed by atoms with Crippen molar-refractivity contribution in [2.45, 2.75) is 184 Å². The molecule has 66 heavy (non-hydrogen) atoms. The highest BCUT2D eigenvalue weighted by Gasteiger charge is 2.47. The summed E-state index contributed by atoms with van der Waals surface area (Å²) in [6, 6.07) is 0. The molecule has 2 aliphatic rings. The summed E-state index contributed by atoms with van der Waals surface area (Å²) in [5, 5.41) is 72.0. The smallest absolute Gasteiger partial charge is 0.306 e. The monoisotopic (exact) mass is 933 g/mol. The van der Waals surface area contributed by atoms with E-state index in [2.05, 4.69) is 38.2 Å². The van der Waals surface area contributed by atoms with Crippen molar-refractivity contribution >= 4 is 11.9 Å². The normalized spacial score (nSPS) is 27.0. The Hall–Kier alpha value is -3.58. The predicted octanol–water partition coefficient (Wildman–Crippen LogP) is 5.81. The number of carbonyl (C=O) groups excluding carboxylic acids is 2. The van der Waals surface area contributed by atoms with Crippen molar-refractivity contribution in [1.82, 2.24) is 0 Å². The molecule has 0 aromatic heterocycles. The van der Waals surface area contributed by atoms with Crippen LogP contribution in [-0.2, 0) is 38.0 Å². The second-order valence-corrected chi connectivity index (χ2v) is 16.4. The van der Waals surface area contributed by atoms with Crippen LogP contribution in [0, 0.1) is 0 Å². The molecule has 0 bridgehead atoms. The van der Waals surface area contributed by atoms with Gasteiger partial charge < -0.3 is 64.2 Å². The van der Waals surface area contributed by atoms with Crippen LogP contribution in [0.5, 0.6) is 0 Å². The van der Waals surface area contributed by atoms with E-state index < -0.39 is 99.3 Å². The quantitative estimate of drug-likeness (QED) is 0.0229. The number of rotatable bonds is 34. The van der Waals surface area contributed by atoms with Gasteiger partial charge in [0, 0.05) is 12.8 Å².